The van der Waals surface area contributed by atoms with Crippen LogP contribution in [0, 0.1) is 0 Å². The van der Waals surface area contributed by atoms with Crippen LogP contribution >= 0.6 is 0 Å². The Labute approximate surface area is 91.8 Å². The van der Waals surface area contributed by atoms with E-state index in [0.29, 0.717) is 5.69 Å². The van der Waals surface area contributed by atoms with Crippen molar-refractivity contribution >= 4 is 12.0 Å². The zero-order chi connectivity index (χ0) is 12.0. The van der Waals surface area contributed by atoms with Gasteiger partial charge in [-0.3, -0.25) is 4.79 Å². The number of hydrogen-bond donors (Lipinski definition) is 3. The van der Waals surface area contributed by atoms with Crippen molar-refractivity contribution in [3.05, 3.63) is 18.0 Å². The molecule has 0 aliphatic rings. The van der Waals surface area contributed by atoms with Crippen molar-refractivity contribution in [2.45, 2.75) is 25.9 Å². The molecule has 0 fully saturated rings. The van der Waals surface area contributed by atoms with Crippen molar-refractivity contribution < 1.29 is 19.2 Å². The van der Waals surface area contributed by atoms with Crippen LogP contribution in [0.25, 0.3) is 0 Å². The Hall–Kier alpha value is -2.05. The monoisotopic (exact) mass is 227 g/mol. The van der Waals surface area contributed by atoms with Crippen molar-refractivity contribution in [2.75, 3.05) is 0 Å². The van der Waals surface area contributed by atoms with Gasteiger partial charge in [-0.2, -0.15) is 0 Å². The highest BCUT2D eigenvalue weighted by molar-refractivity contribution is 5.75. The van der Waals surface area contributed by atoms with Crippen molar-refractivity contribution in [1.29, 1.82) is 0 Å². The minimum absolute atomic E-state index is 0.114. The molecule has 0 aliphatic heterocycles. The summed E-state index contributed by atoms with van der Waals surface area (Å²) in [7, 11) is 0. The van der Waals surface area contributed by atoms with Gasteiger partial charge in [-0.1, -0.05) is 5.16 Å². The van der Waals surface area contributed by atoms with Gasteiger partial charge in [0, 0.05) is 12.1 Å². The van der Waals surface area contributed by atoms with Gasteiger partial charge in [0.05, 0.1) is 13.0 Å². The first-order chi connectivity index (χ1) is 7.58. The number of urea groups is 1. The number of carboxylic acids is 1. The molecule has 0 saturated heterocycles. The molecular weight excluding hydrogens is 214 g/mol. The Morgan fingerprint density at radius 2 is 2.38 bits per heavy atom. The fourth-order valence-electron chi connectivity index (χ4n) is 1.09. The molecular formula is C9H13N3O4. The van der Waals surface area contributed by atoms with Gasteiger partial charge in [0.15, 0.2) is 0 Å². The zero-order valence-electron chi connectivity index (χ0n) is 8.77. The van der Waals surface area contributed by atoms with E-state index in [1.807, 2.05) is 0 Å². The third-order valence-corrected chi connectivity index (χ3v) is 1.78. The molecule has 7 nitrogen and oxygen atoms in total. The maximum Gasteiger partial charge on any atom is 0.315 e. The highest BCUT2D eigenvalue weighted by atomic mass is 16.5. The summed E-state index contributed by atoms with van der Waals surface area (Å²) in [4.78, 5) is 21.6. The number of amides is 2. The average molecular weight is 227 g/mol. The highest BCUT2D eigenvalue weighted by Crippen LogP contribution is 1.93. The van der Waals surface area contributed by atoms with Crippen molar-refractivity contribution in [1.82, 2.24) is 15.8 Å². The lowest BCUT2D eigenvalue weighted by Gasteiger charge is -2.11. The number of aliphatic carboxylic acids is 1. The van der Waals surface area contributed by atoms with E-state index in [4.69, 9.17) is 5.11 Å². The molecule has 1 atom stereocenters. The topological polar surface area (TPSA) is 104 Å². The van der Waals surface area contributed by atoms with E-state index in [0.717, 1.165) is 0 Å². The van der Waals surface area contributed by atoms with Crippen LogP contribution in [-0.2, 0) is 11.3 Å². The molecule has 3 N–H and O–H groups in total. The first-order valence-corrected chi connectivity index (χ1v) is 4.73. The summed E-state index contributed by atoms with van der Waals surface area (Å²) < 4.78 is 4.58. The van der Waals surface area contributed by atoms with E-state index in [1.54, 1.807) is 13.0 Å². The van der Waals surface area contributed by atoms with Gasteiger partial charge >= 0.3 is 12.0 Å². The van der Waals surface area contributed by atoms with Crippen LogP contribution < -0.4 is 10.6 Å². The second-order valence-electron chi connectivity index (χ2n) is 3.32. The van der Waals surface area contributed by atoms with Gasteiger partial charge in [-0.15, -0.1) is 0 Å². The molecule has 0 radical (unpaired) electrons. The summed E-state index contributed by atoms with van der Waals surface area (Å²) in [6.45, 7) is 1.85. The maximum absolute atomic E-state index is 11.3. The summed E-state index contributed by atoms with van der Waals surface area (Å²) in [5.41, 5.74) is 0.598. The molecule has 16 heavy (non-hydrogen) atoms. The Balaban J connectivity index is 2.23. The number of nitrogens with one attached hydrogen (secondary N) is 2. The molecule has 1 rings (SSSR count). The summed E-state index contributed by atoms with van der Waals surface area (Å²) >= 11 is 0. The molecule has 88 valence electrons. The zero-order valence-corrected chi connectivity index (χ0v) is 8.77. The molecule has 0 aromatic carbocycles. The fourth-order valence-corrected chi connectivity index (χ4v) is 1.09. The Morgan fingerprint density at radius 3 is 2.94 bits per heavy atom. The van der Waals surface area contributed by atoms with Gasteiger partial charge < -0.3 is 20.3 Å². The first kappa shape index (κ1) is 12.0. The first-order valence-electron chi connectivity index (χ1n) is 4.73. The van der Waals surface area contributed by atoms with Gasteiger partial charge in [0.25, 0.3) is 0 Å². The molecule has 0 spiro atoms. The molecule has 0 saturated carbocycles. The van der Waals surface area contributed by atoms with Crippen LogP contribution in [0.3, 0.4) is 0 Å². The van der Waals surface area contributed by atoms with E-state index in [2.05, 4.69) is 20.3 Å². The van der Waals surface area contributed by atoms with Crippen LogP contribution in [-0.4, -0.2) is 28.3 Å². The highest BCUT2D eigenvalue weighted by Gasteiger charge is 2.10. The Bertz CT molecular complexity index is 350. The molecule has 0 bridgehead atoms. The second-order valence-corrected chi connectivity index (χ2v) is 3.32. The summed E-state index contributed by atoms with van der Waals surface area (Å²) in [5, 5.41) is 17.1. The van der Waals surface area contributed by atoms with Gasteiger partial charge in [0.2, 0.25) is 0 Å². The number of hydrogen-bond acceptors (Lipinski definition) is 4. The molecule has 1 aromatic rings. The number of aromatic nitrogens is 1. The lowest BCUT2D eigenvalue weighted by atomic mass is 10.2. The third-order valence-electron chi connectivity index (χ3n) is 1.78. The van der Waals surface area contributed by atoms with Crippen LogP contribution in [0.5, 0.6) is 0 Å². The molecule has 1 unspecified atom stereocenters. The number of carboxylic acid groups (broad SMARTS) is 1. The quantitative estimate of drug-likeness (QED) is 0.672. The number of carbonyl (C=O) groups is 2. The van der Waals surface area contributed by atoms with Gasteiger partial charge in [-0.25, -0.2) is 4.79 Å². The number of nitrogens with zero attached hydrogens (tertiary/aromatic N) is 1. The van der Waals surface area contributed by atoms with E-state index in [1.165, 1.54) is 6.26 Å². The molecule has 7 heteroatoms. The molecule has 0 aliphatic carbocycles. The molecule has 1 heterocycles. The summed E-state index contributed by atoms with van der Waals surface area (Å²) in [6.07, 6.45) is 1.29. The summed E-state index contributed by atoms with van der Waals surface area (Å²) in [6, 6.07) is 0.771. The van der Waals surface area contributed by atoms with Crippen molar-refractivity contribution in [3.8, 4) is 0 Å². The Kier molecular flexibility index (Phi) is 4.31. The van der Waals surface area contributed by atoms with E-state index < -0.39 is 18.0 Å². The van der Waals surface area contributed by atoms with Crippen molar-refractivity contribution in [2.24, 2.45) is 0 Å². The van der Waals surface area contributed by atoms with E-state index in [-0.39, 0.29) is 13.0 Å². The van der Waals surface area contributed by atoms with Crippen LogP contribution in [0.4, 0.5) is 4.79 Å². The van der Waals surface area contributed by atoms with Gasteiger partial charge in [-0.05, 0) is 6.92 Å². The van der Waals surface area contributed by atoms with Crippen LogP contribution in [0.2, 0.25) is 0 Å². The second kappa shape index (κ2) is 5.74. The standard InChI is InChI=1S/C9H13N3O4/c1-6(4-8(13)14)11-9(15)10-5-7-2-3-16-12-7/h2-3,6H,4-5H2,1H3,(H,13,14)(H2,10,11,15). The molecule has 1 aromatic heterocycles. The largest absolute Gasteiger partial charge is 0.481 e. The minimum atomic E-state index is -0.954. The lowest BCUT2D eigenvalue weighted by molar-refractivity contribution is -0.137. The normalized spacial score (nSPS) is 11.8. The van der Waals surface area contributed by atoms with Gasteiger partial charge in [0.1, 0.15) is 12.0 Å². The smallest absolute Gasteiger partial charge is 0.315 e. The third kappa shape index (κ3) is 4.45. The van der Waals surface area contributed by atoms with Crippen molar-refractivity contribution in [3.63, 3.8) is 0 Å². The van der Waals surface area contributed by atoms with E-state index in [9.17, 15) is 9.59 Å². The SMILES string of the molecule is CC(CC(=O)O)NC(=O)NCc1ccon1. The predicted octanol–water partition coefficient (Wildman–Crippen LogP) is 0.337. The number of carbonyl (C=O) groups excluding carboxylic acids is 1. The fraction of sp³-hybridized carbons (Fsp3) is 0.444. The Morgan fingerprint density at radius 1 is 1.62 bits per heavy atom. The van der Waals surface area contributed by atoms with E-state index >= 15 is 0 Å². The van der Waals surface area contributed by atoms with Crippen LogP contribution in [0.1, 0.15) is 19.0 Å². The summed E-state index contributed by atoms with van der Waals surface area (Å²) in [5.74, 6) is -0.954. The minimum Gasteiger partial charge on any atom is -0.481 e. The average Bonchev–Trinajstić information content (AvgIpc) is 2.65. The van der Waals surface area contributed by atoms with Crippen LogP contribution in [0.15, 0.2) is 16.9 Å². The maximum atomic E-state index is 11.3. The predicted molar refractivity (Wildman–Crippen MR) is 53.6 cm³/mol. The lowest BCUT2D eigenvalue weighted by Crippen LogP contribution is -2.41. The number of rotatable bonds is 5. The molecule has 2 amide bonds.